The van der Waals surface area contributed by atoms with Crippen molar-refractivity contribution >= 4 is 17.9 Å². The summed E-state index contributed by atoms with van der Waals surface area (Å²) in [5, 5.41) is 9.42. The first kappa shape index (κ1) is 19.2. The molecule has 4 saturated carbocycles. The molecule has 0 radical (unpaired) electrons. The van der Waals surface area contributed by atoms with Crippen LogP contribution in [0.5, 0.6) is 0 Å². The van der Waals surface area contributed by atoms with Crippen molar-refractivity contribution in [3.8, 4) is 0 Å². The van der Waals surface area contributed by atoms with Crippen molar-refractivity contribution in [1.29, 1.82) is 0 Å². The molecule has 0 amide bonds. The smallest absolute Gasteiger partial charge is 0.338 e. The van der Waals surface area contributed by atoms with Gasteiger partial charge in [0.1, 0.15) is 5.60 Å². The highest BCUT2D eigenvalue weighted by atomic mass is 16.6. The van der Waals surface area contributed by atoms with Gasteiger partial charge in [-0.1, -0.05) is 20.1 Å². The third kappa shape index (κ3) is 2.64. The molecule has 1 saturated heterocycles. The van der Waals surface area contributed by atoms with Crippen molar-refractivity contribution < 1.29 is 29.0 Å². The molecule has 6 heteroatoms. The summed E-state index contributed by atoms with van der Waals surface area (Å²) in [5.74, 6) is -0.382. The minimum atomic E-state index is -1.71. The fraction of sp³-hybridized carbons (Fsp3) is 0.682. The third-order valence-corrected chi connectivity index (χ3v) is 7.80. The Bertz CT molecular complexity index is 737. The van der Waals surface area contributed by atoms with Crippen LogP contribution in [0.25, 0.3) is 0 Å². The van der Waals surface area contributed by atoms with Gasteiger partial charge in [0.15, 0.2) is 5.60 Å². The Morgan fingerprint density at radius 3 is 2.11 bits per heavy atom. The molecule has 1 unspecified atom stereocenters. The first-order valence-corrected chi connectivity index (χ1v) is 10.3. The van der Waals surface area contributed by atoms with Gasteiger partial charge in [0.05, 0.1) is 17.6 Å². The molecule has 5 rings (SSSR count). The molecule has 0 aromatic heterocycles. The summed E-state index contributed by atoms with van der Waals surface area (Å²) in [6.07, 6.45) is 6.43. The number of ether oxygens (including phenoxy) is 2. The van der Waals surface area contributed by atoms with Crippen molar-refractivity contribution in [2.75, 3.05) is 0 Å². The molecule has 4 aliphatic carbocycles. The minimum absolute atomic E-state index is 0.0200. The largest absolute Gasteiger partial charge is 0.478 e. The normalized spacial score (nSPS) is 40.8. The van der Waals surface area contributed by atoms with Crippen molar-refractivity contribution in [2.24, 2.45) is 23.7 Å². The number of carboxylic acids is 1. The van der Waals surface area contributed by atoms with Gasteiger partial charge in [0, 0.05) is 6.42 Å². The van der Waals surface area contributed by atoms with Gasteiger partial charge in [-0.25, -0.2) is 9.59 Å². The first-order valence-electron chi connectivity index (χ1n) is 10.3. The van der Waals surface area contributed by atoms with E-state index >= 15 is 0 Å². The lowest BCUT2D eigenvalue weighted by Gasteiger charge is -2.60. The lowest BCUT2D eigenvalue weighted by Crippen LogP contribution is -2.59. The molecule has 0 spiro atoms. The Morgan fingerprint density at radius 2 is 1.68 bits per heavy atom. The topological polar surface area (TPSA) is 89.9 Å². The Balaban J connectivity index is 1.60. The van der Waals surface area contributed by atoms with Crippen LogP contribution in [-0.4, -0.2) is 34.2 Å². The quantitative estimate of drug-likeness (QED) is 0.554. The second-order valence-electron chi connectivity index (χ2n) is 9.07. The first-order chi connectivity index (χ1) is 13.2. The zero-order valence-electron chi connectivity index (χ0n) is 16.4. The van der Waals surface area contributed by atoms with Gasteiger partial charge in [-0.15, -0.1) is 0 Å². The molecule has 1 N–H and O–H groups in total. The van der Waals surface area contributed by atoms with Gasteiger partial charge in [0.2, 0.25) is 0 Å². The Labute approximate surface area is 165 Å². The van der Waals surface area contributed by atoms with E-state index in [2.05, 4.69) is 20.1 Å². The van der Waals surface area contributed by atoms with Gasteiger partial charge in [-0.05, 0) is 62.2 Å². The van der Waals surface area contributed by atoms with Gasteiger partial charge in [-0.2, -0.15) is 0 Å². The van der Waals surface area contributed by atoms with Crippen LogP contribution < -0.4 is 0 Å². The number of hydrogen-bond donors (Lipinski definition) is 1. The van der Waals surface area contributed by atoms with Crippen LogP contribution in [0.1, 0.15) is 58.3 Å². The molecule has 4 bridgehead atoms. The van der Waals surface area contributed by atoms with Crippen molar-refractivity contribution in [1.82, 2.24) is 0 Å². The summed E-state index contributed by atoms with van der Waals surface area (Å²) in [7, 11) is 0. The standard InChI is InChI=1S/C22H28O6/c1-4-21(16-8-14-7-15(10-16)11-17(21)9-14)28-20(26)13(3)22(12(2)19(24)25)6-5-18(23)27-22/h14-17H,2-11H2,1H3,(H,24,25). The lowest BCUT2D eigenvalue weighted by atomic mass is 9.49. The van der Waals surface area contributed by atoms with E-state index in [-0.39, 0.29) is 24.0 Å². The van der Waals surface area contributed by atoms with E-state index in [4.69, 9.17) is 9.47 Å². The number of esters is 2. The monoisotopic (exact) mass is 388 g/mol. The van der Waals surface area contributed by atoms with Gasteiger partial charge >= 0.3 is 17.9 Å². The van der Waals surface area contributed by atoms with Gasteiger partial charge in [-0.3, -0.25) is 4.79 Å². The molecule has 1 aliphatic heterocycles. The van der Waals surface area contributed by atoms with Crippen molar-refractivity contribution in [2.45, 2.75) is 69.5 Å². The van der Waals surface area contributed by atoms with Crippen LogP contribution in [0.4, 0.5) is 0 Å². The predicted octanol–water partition coefficient (Wildman–Crippen LogP) is 3.41. The molecule has 0 aromatic rings. The molecular weight excluding hydrogens is 360 g/mol. The fourth-order valence-corrected chi connectivity index (χ4v) is 6.55. The lowest BCUT2D eigenvalue weighted by molar-refractivity contribution is -0.208. The highest BCUT2D eigenvalue weighted by Gasteiger charge is 2.60. The number of hydrogen-bond acceptors (Lipinski definition) is 5. The average molecular weight is 388 g/mol. The molecule has 1 heterocycles. The Kier molecular flexibility index (Phi) is 4.43. The van der Waals surface area contributed by atoms with Crippen molar-refractivity contribution in [3.63, 3.8) is 0 Å². The van der Waals surface area contributed by atoms with Gasteiger partial charge in [0.25, 0.3) is 0 Å². The summed E-state index contributed by atoms with van der Waals surface area (Å²) >= 11 is 0. The molecule has 0 aromatic carbocycles. The van der Waals surface area contributed by atoms with Crippen LogP contribution in [0, 0.1) is 23.7 Å². The second kappa shape index (κ2) is 6.46. The number of carbonyl (C=O) groups is 3. The van der Waals surface area contributed by atoms with E-state index in [1.807, 2.05) is 0 Å². The van der Waals surface area contributed by atoms with E-state index in [0.717, 1.165) is 43.9 Å². The summed E-state index contributed by atoms with van der Waals surface area (Å²) < 4.78 is 11.5. The molecular formula is C22H28O6. The summed E-state index contributed by atoms with van der Waals surface area (Å²) in [6, 6.07) is 0. The predicted molar refractivity (Wildman–Crippen MR) is 100 cm³/mol. The summed E-state index contributed by atoms with van der Waals surface area (Å²) in [5.41, 5.74) is -2.72. The second-order valence-corrected chi connectivity index (χ2v) is 9.07. The maximum Gasteiger partial charge on any atom is 0.338 e. The van der Waals surface area contributed by atoms with Crippen molar-refractivity contribution in [3.05, 3.63) is 24.3 Å². The zero-order valence-corrected chi connectivity index (χ0v) is 16.4. The van der Waals surface area contributed by atoms with Crippen LogP contribution >= 0.6 is 0 Å². The molecule has 5 aliphatic rings. The Hall–Kier alpha value is -2.11. The minimum Gasteiger partial charge on any atom is -0.478 e. The van der Waals surface area contributed by atoms with E-state index in [1.54, 1.807) is 0 Å². The van der Waals surface area contributed by atoms with Crippen LogP contribution in [0.15, 0.2) is 24.3 Å². The maximum absolute atomic E-state index is 13.2. The average Bonchev–Trinajstić information content (AvgIpc) is 3.05. The van der Waals surface area contributed by atoms with E-state index in [1.165, 1.54) is 6.42 Å². The van der Waals surface area contributed by atoms with Gasteiger partial charge < -0.3 is 14.6 Å². The third-order valence-electron chi connectivity index (χ3n) is 7.80. The maximum atomic E-state index is 13.2. The number of carbonyl (C=O) groups excluding carboxylic acids is 2. The zero-order chi connectivity index (χ0) is 20.3. The van der Waals surface area contributed by atoms with E-state index < -0.39 is 29.1 Å². The number of cyclic esters (lactones) is 1. The SMILES string of the molecule is C=C(C(=O)O)C1(C(=C)C(=O)OC2(CC)C3CC4CC(C3)CC2C4)CCC(=O)O1. The molecule has 5 fully saturated rings. The van der Waals surface area contributed by atoms with Crippen LogP contribution in [0.2, 0.25) is 0 Å². The number of rotatable bonds is 6. The molecule has 152 valence electrons. The highest BCUT2D eigenvalue weighted by Crippen LogP contribution is 2.61. The van der Waals surface area contributed by atoms with Crippen LogP contribution in [-0.2, 0) is 23.9 Å². The van der Waals surface area contributed by atoms with E-state index in [0.29, 0.717) is 11.8 Å². The Morgan fingerprint density at radius 1 is 1.11 bits per heavy atom. The fourth-order valence-electron chi connectivity index (χ4n) is 6.55. The molecule has 6 nitrogen and oxygen atoms in total. The number of aliphatic carboxylic acids is 1. The number of carboxylic acid groups (broad SMARTS) is 1. The highest BCUT2D eigenvalue weighted by molar-refractivity contribution is 5.99. The molecule has 28 heavy (non-hydrogen) atoms. The summed E-state index contributed by atoms with van der Waals surface area (Å²) in [6.45, 7) is 9.43. The van der Waals surface area contributed by atoms with E-state index in [9.17, 15) is 19.5 Å². The van der Waals surface area contributed by atoms with Crippen LogP contribution in [0.3, 0.4) is 0 Å². The molecule has 1 atom stereocenters. The summed E-state index contributed by atoms with van der Waals surface area (Å²) in [4.78, 5) is 36.5.